The lowest BCUT2D eigenvalue weighted by Gasteiger charge is -2.40. The lowest BCUT2D eigenvalue weighted by atomic mass is 9.92. The lowest BCUT2D eigenvalue weighted by Crippen LogP contribution is -2.50. The van der Waals surface area contributed by atoms with Gasteiger partial charge in [0.05, 0.1) is 20.3 Å². The van der Waals surface area contributed by atoms with Gasteiger partial charge in [-0.1, -0.05) is 19.3 Å². The molecular weight excluding hydrogens is 488 g/mol. The Morgan fingerprint density at radius 3 is 2.59 bits per heavy atom. The van der Waals surface area contributed by atoms with Crippen LogP contribution in [0, 0.1) is 6.92 Å². The number of rotatable bonds is 6. The van der Waals surface area contributed by atoms with Crippen LogP contribution in [0.4, 0.5) is 0 Å². The molecule has 37 heavy (non-hydrogen) atoms. The maximum absolute atomic E-state index is 11.9. The van der Waals surface area contributed by atoms with Crippen molar-refractivity contribution in [1.82, 2.24) is 10.2 Å². The van der Waals surface area contributed by atoms with Crippen molar-refractivity contribution in [2.45, 2.75) is 57.5 Å². The number of fused-ring (bicyclic) bond motifs is 2. The van der Waals surface area contributed by atoms with Crippen molar-refractivity contribution < 1.29 is 18.6 Å². The first-order valence-electron chi connectivity index (χ1n) is 13.0. The summed E-state index contributed by atoms with van der Waals surface area (Å²) in [5.74, 6) is 2.04. The van der Waals surface area contributed by atoms with Gasteiger partial charge < -0.3 is 28.8 Å². The van der Waals surface area contributed by atoms with Gasteiger partial charge in [0.15, 0.2) is 16.6 Å². The molecule has 1 aliphatic heterocycles. The largest absolute Gasteiger partial charge is 0.493 e. The fourth-order valence-electron chi connectivity index (χ4n) is 5.53. The average Bonchev–Trinajstić information content (AvgIpc) is 2.90. The zero-order valence-corrected chi connectivity index (χ0v) is 22.5. The molecule has 7 nitrogen and oxygen atoms in total. The number of ether oxygens (including phenoxy) is 3. The van der Waals surface area contributed by atoms with E-state index in [0.29, 0.717) is 29.7 Å². The number of nitrogens with zero attached hydrogens (tertiary/aromatic N) is 1. The maximum Gasteiger partial charge on any atom is 0.336 e. The number of methoxy groups -OCH3 is 2. The van der Waals surface area contributed by atoms with E-state index in [0.717, 1.165) is 53.2 Å². The summed E-state index contributed by atoms with van der Waals surface area (Å²) in [5.41, 5.74) is 3.34. The molecule has 1 atom stereocenters. The standard InChI is InChI=1S/C29H34N2O5S/c1-18-13-28(32)36-25-15-21(9-10-22(18)25)35-17-24-23-16-27(34-3)26(33-2)14-19(23)11-12-31(24)29(37)30-20-7-5-4-6-8-20/h9-10,13-16,20,24H,4-8,11-12,17H2,1-3H3,(H,30,37)/t24-/m0/s1. The molecule has 1 aliphatic carbocycles. The fraction of sp³-hybridized carbons (Fsp3) is 0.448. The molecule has 0 radical (unpaired) electrons. The average molecular weight is 523 g/mol. The second-order valence-corrected chi connectivity index (χ2v) is 10.3. The molecular formula is C29H34N2O5S. The van der Waals surface area contributed by atoms with Gasteiger partial charge in [-0.05, 0) is 79.4 Å². The Morgan fingerprint density at radius 2 is 1.84 bits per heavy atom. The van der Waals surface area contributed by atoms with Crippen molar-refractivity contribution >= 4 is 28.3 Å². The van der Waals surface area contributed by atoms with E-state index in [2.05, 4.69) is 16.3 Å². The summed E-state index contributed by atoms with van der Waals surface area (Å²) < 4.78 is 22.9. The minimum absolute atomic E-state index is 0.118. The third-order valence-electron chi connectivity index (χ3n) is 7.53. The van der Waals surface area contributed by atoms with E-state index in [-0.39, 0.29) is 11.7 Å². The van der Waals surface area contributed by atoms with Crippen LogP contribution in [0.25, 0.3) is 11.0 Å². The molecule has 3 aromatic rings. The molecule has 5 rings (SSSR count). The summed E-state index contributed by atoms with van der Waals surface area (Å²) in [7, 11) is 3.31. The molecule has 1 saturated carbocycles. The predicted octanol–water partition coefficient (Wildman–Crippen LogP) is 5.30. The summed E-state index contributed by atoms with van der Waals surface area (Å²) in [6.07, 6.45) is 6.93. The number of thiocarbonyl (C=S) groups is 1. The van der Waals surface area contributed by atoms with Gasteiger partial charge in [-0.15, -0.1) is 0 Å². The molecule has 2 aromatic carbocycles. The topological polar surface area (TPSA) is 73.2 Å². The minimum atomic E-state index is -0.366. The first-order valence-corrected chi connectivity index (χ1v) is 13.4. The molecule has 196 valence electrons. The van der Waals surface area contributed by atoms with Crippen LogP contribution in [0.3, 0.4) is 0 Å². The fourth-order valence-corrected chi connectivity index (χ4v) is 5.91. The third kappa shape index (κ3) is 5.39. The highest BCUT2D eigenvalue weighted by molar-refractivity contribution is 7.80. The summed E-state index contributed by atoms with van der Waals surface area (Å²) in [6, 6.07) is 11.5. The van der Waals surface area contributed by atoms with E-state index in [1.165, 1.54) is 30.9 Å². The van der Waals surface area contributed by atoms with Crippen LogP contribution in [0.15, 0.2) is 45.6 Å². The zero-order chi connectivity index (χ0) is 25.9. The molecule has 0 saturated heterocycles. The highest BCUT2D eigenvalue weighted by Crippen LogP contribution is 2.39. The summed E-state index contributed by atoms with van der Waals surface area (Å²) in [6.45, 7) is 3.05. The van der Waals surface area contributed by atoms with Crippen molar-refractivity contribution in [3.63, 3.8) is 0 Å². The van der Waals surface area contributed by atoms with Gasteiger partial charge in [-0.25, -0.2) is 4.79 Å². The van der Waals surface area contributed by atoms with Crippen molar-refractivity contribution in [2.24, 2.45) is 0 Å². The Kier molecular flexibility index (Phi) is 7.55. The van der Waals surface area contributed by atoms with E-state index in [4.69, 9.17) is 30.8 Å². The second kappa shape index (κ2) is 11.0. The van der Waals surface area contributed by atoms with Gasteiger partial charge in [0.25, 0.3) is 0 Å². The summed E-state index contributed by atoms with van der Waals surface area (Å²) in [4.78, 5) is 14.1. The lowest BCUT2D eigenvalue weighted by molar-refractivity contribution is 0.185. The molecule has 1 fully saturated rings. The van der Waals surface area contributed by atoms with Crippen molar-refractivity contribution in [3.8, 4) is 17.2 Å². The van der Waals surface area contributed by atoms with Gasteiger partial charge >= 0.3 is 5.63 Å². The Bertz CT molecular complexity index is 1350. The second-order valence-electron chi connectivity index (χ2n) is 9.87. The zero-order valence-electron chi connectivity index (χ0n) is 21.7. The number of hydrogen-bond acceptors (Lipinski definition) is 6. The van der Waals surface area contributed by atoms with Gasteiger partial charge in [0.2, 0.25) is 0 Å². The first kappa shape index (κ1) is 25.4. The normalized spacial score (nSPS) is 17.8. The molecule has 2 heterocycles. The Morgan fingerprint density at radius 1 is 1.08 bits per heavy atom. The van der Waals surface area contributed by atoms with E-state index in [1.54, 1.807) is 20.3 Å². The van der Waals surface area contributed by atoms with E-state index >= 15 is 0 Å². The molecule has 0 spiro atoms. The Labute approximate surface area is 222 Å². The molecule has 1 N–H and O–H groups in total. The Balaban J connectivity index is 1.44. The molecule has 0 bridgehead atoms. The van der Waals surface area contributed by atoms with E-state index < -0.39 is 0 Å². The van der Waals surface area contributed by atoms with Gasteiger partial charge in [0, 0.05) is 30.1 Å². The van der Waals surface area contributed by atoms with E-state index in [1.807, 2.05) is 25.1 Å². The predicted molar refractivity (Wildman–Crippen MR) is 148 cm³/mol. The highest BCUT2D eigenvalue weighted by Gasteiger charge is 2.32. The molecule has 0 unspecified atom stereocenters. The van der Waals surface area contributed by atoms with Gasteiger partial charge in [-0.2, -0.15) is 0 Å². The molecule has 2 aliphatic rings. The minimum Gasteiger partial charge on any atom is -0.493 e. The maximum atomic E-state index is 11.9. The SMILES string of the molecule is COc1cc2c(cc1OC)[C@H](COc1ccc3c(C)cc(=O)oc3c1)N(C(=S)NC1CCCCC1)CC2. The van der Waals surface area contributed by atoms with Gasteiger partial charge in [-0.3, -0.25) is 0 Å². The van der Waals surface area contributed by atoms with E-state index in [9.17, 15) is 4.79 Å². The number of benzene rings is 2. The number of hydrogen-bond donors (Lipinski definition) is 1. The molecule has 0 amide bonds. The molecule has 8 heteroatoms. The van der Waals surface area contributed by atoms with Crippen molar-refractivity contribution in [1.29, 1.82) is 0 Å². The van der Waals surface area contributed by atoms with Crippen LogP contribution in [-0.2, 0) is 6.42 Å². The third-order valence-corrected chi connectivity index (χ3v) is 7.88. The van der Waals surface area contributed by atoms with Crippen molar-refractivity contribution in [2.75, 3.05) is 27.4 Å². The van der Waals surface area contributed by atoms with Crippen LogP contribution in [0.1, 0.15) is 54.8 Å². The first-order chi connectivity index (χ1) is 18.0. The van der Waals surface area contributed by atoms with Crippen LogP contribution in [0.2, 0.25) is 0 Å². The van der Waals surface area contributed by atoms with Crippen LogP contribution in [0.5, 0.6) is 17.2 Å². The monoisotopic (exact) mass is 522 g/mol. The van der Waals surface area contributed by atoms with Crippen LogP contribution < -0.4 is 25.2 Å². The molecule has 1 aromatic heterocycles. The van der Waals surface area contributed by atoms with Crippen LogP contribution in [-0.4, -0.2) is 43.4 Å². The smallest absolute Gasteiger partial charge is 0.336 e. The van der Waals surface area contributed by atoms with Gasteiger partial charge in [0.1, 0.15) is 17.9 Å². The summed E-state index contributed by atoms with van der Waals surface area (Å²) >= 11 is 5.95. The quantitative estimate of drug-likeness (QED) is 0.345. The highest BCUT2D eigenvalue weighted by atomic mass is 32.1. The van der Waals surface area contributed by atoms with Crippen LogP contribution >= 0.6 is 12.2 Å². The van der Waals surface area contributed by atoms with Crippen molar-refractivity contribution in [3.05, 3.63) is 63.5 Å². The number of aryl methyl sites for hydroxylation is 1. The Hall–Kier alpha value is -3.26. The number of nitrogens with one attached hydrogen (secondary N) is 1. The summed E-state index contributed by atoms with van der Waals surface area (Å²) in [5, 5.41) is 5.29.